The third-order valence-corrected chi connectivity index (χ3v) is 5.48. The number of hydrogen-bond acceptors (Lipinski definition) is 4. The molecule has 0 bridgehead atoms. The lowest BCUT2D eigenvalue weighted by atomic mass is 10.0. The quantitative estimate of drug-likeness (QED) is 0.653. The molecule has 1 aliphatic heterocycles. The van der Waals surface area contributed by atoms with Crippen LogP contribution in [-0.4, -0.2) is 28.4 Å². The van der Waals surface area contributed by atoms with Crippen molar-refractivity contribution in [2.45, 2.75) is 25.9 Å². The number of benzene rings is 1. The first-order chi connectivity index (χ1) is 13.6. The first-order valence-corrected chi connectivity index (χ1v) is 10.1. The van der Waals surface area contributed by atoms with Crippen LogP contribution in [-0.2, 0) is 17.4 Å². The number of carbonyl (C=O) groups excluding carboxylic acids is 2. The van der Waals surface area contributed by atoms with Crippen LogP contribution >= 0.6 is 23.4 Å². The van der Waals surface area contributed by atoms with Crippen LogP contribution in [0.4, 0.5) is 29.3 Å². The third kappa shape index (κ3) is 5.22. The number of fused-ring (bicyclic) bond motifs is 1. The second kappa shape index (κ2) is 8.62. The van der Waals surface area contributed by atoms with Gasteiger partial charge in [-0.15, -0.1) is 0 Å². The first-order valence-electron chi connectivity index (χ1n) is 8.72. The number of nitrogens with one attached hydrogen (secondary N) is 1. The standard InChI is InChI=1S/C19H17ClF3N3O2S/c1-11-4-6-14-12(9-11)3-2-8-26(14)18(28)29-10-16(27)24-13-5-7-15(19(21,22)23)25-17(13)20/h4-7,9H,2-3,8,10H2,1H3,(H,24,27). The van der Waals surface area contributed by atoms with Gasteiger partial charge in [-0.3, -0.25) is 9.59 Å². The molecule has 0 radical (unpaired) electrons. The van der Waals surface area contributed by atoms with Gasteiger partial charge in [0.2, 0.25) is 5.91 Å². The van der Waals surface area contributed by atoms with E-state index in [2.05, 4.69) is 10.3 Å². The van der Waals surface area contributed by atoms with Crippen molar-refractivity contribution < 1.29 is 22.8 Å². The molecule has 0 fully saturated rings. The van der Waals surface area contributed by atoms with E-state index in [4.69, 9.17) is 11.6 Å². The van der Waals surface area contributed by atoms with Crippen LogP contribution < -0.4 is 10.2 Å². The van der Waals surface area contributed by atoms with Gasteiger partial charge in [0, 0.05) is 12.2 Å². The molecule has 2 amide bonds. The fourth-order valence-electron chi connectivity index (χ4n) is 2.99. The van der Waals surface area contributed by atoms with Crippen molar-refractivity contribution in [1.29, 1.82) is 0 Å². The molecule has 0 saturated carbocycles. The van der Waals surface area contributed by atoms with Crippen LogP contribution in [0, 0.1) is 6.92 Å². The molecule has 0 saturated heterocycles. The Kier molecular flexibility index (Phi) is 6.38. The highest BCUT2D eigenvalue weighted by atomic mass is 35.5. The smallest absolute Gasteiger partial charge is 0.323 e. The van der Waals surface area contributed by atoms with Crippen LogP contribution in [0.1, 0.15) is 23.2 Å². The van der Waals surface area contributed by atoms with Gasteiger partial charge < -0.3 is 10.2 Å². The number of rotatable bonds is 3. The monoisotopic (exact) mass is 443 g/mol. The fourth-order valence-corrected chi connectivity index (χ4v) is 3.87. The van der Waals surface area contributed by atoms with E-state index in [0.29, 0.717) is 6.54 Å². The summed E-state index contributed by atoms with van der Waals surface area (Å²) in [4.78, 5) is 29.6. The summed E-state index contributed by atoms with van der Waals surface area (Å²) in [6.45, 7) is 2.56. The topological polar surface area (TPSA) is 62.3 Å². The zero-order valence-corrected chi connectivity index (χ0v) is 16.9. The van der Waals surface area contributed by atoms with Gasteiger partial charge in [0.15, 0.2) is 5.15 Å². The Labute approximate surface area is 174 Å². The molecule has 1 N–H and O–H groups in total. The van der Waals surface area contributed by atoms with Crippen molar-refractivity contribution in [2.24, 2.45) is 0 Å². The lowest BCUT2D eigenvalue weighted by molar-refractivity contribution is -0.141. The summed E-state index contributed by atoms with van der Waals surface area (Å²) in [6, 6.07) is 7.64. The molecule has 0 aliphatic carbocycles. The highest BCUT2D eigenvalue weighted by Gasteiger charge is 2.33. The second-order valence-corrected chi connectivity index (χ2v) is 7.81. The summed E-state index contributed by atoms with van der Waals surface area (Å²) in [7, 11) is 0. The molecular formula is C19H17ClF3N3O2S. The summed E-state index contributed by atoms with van der Waals surface area (Å²) < 4.78 is 37.9. The lowest BCUT2D eigenvalue weighted by Crippen LogP contribution is -2.33. The maximum Gasteiger partial charge on any atom is 0.433 e. The van der Waals surface area contributed by atoms with E-state index in [-0.39, 0.29) is 16.7 Å². The highest BCUT2D eigenvalue weighted by Crippen LogP contribution is 2.32. The molecule has 0 atom stereocenters. The van der Waals surface area contributed by atoms with Crippen LogP contribution in [0.2, 0.25) is 5.15 Å². The van der Waals surface area contributed by atoms with Crippen molar-refractivity contribution in [3.05, 3.63) is 52.3 Å². The van der Waals surface area contributed by atoms with Gasteiger partial charge in [-0.05, 0) is 43.5 Å². The van der Waals surface area contributed by atoms with E-state index >= 15 is 0 Å². The molecule has 1 aromatic heterocycles. The predicted octanol–water partition coefficient (Wildman–Crippen LogP) is 5.31. The van der Waals surface area contributed by atoms with E-state index in [1.165, 1.54) is 0 Å². The van der Waals surface area contributed by atoms with Gasteiger partial charge in [0.25, 0.3) is 5.24 Å². The van der Waals surface area contributed by atoms with Crippen LogP contribution in [0.15, 0.2) is 30.3 Å². The molecule has 1 aliphatic rings. The molecule has 2 aromatic rings. The highest BCUT2D eigenvalue weighted by molar-refractivity contribution is 8.14. The molecule has 0 unspecified atom stereocenters. The molecule has 3 rings (SSSR count). The minimum absolute atomic E-state index is 0.0449. The summed E-state index contributed by atoms with van der Waals surface area (Å²) in [5.41, 5.74) is 1.86. The van der Waals surface area contributed by atoms with Gasteiger partial charge in [-0.2, -0.15) is 13.2 Å². The van der Waals surface area contributed by atoms with Gasteiger partial charge >= 0.3 is 6.18 Å². The number of thioether (sulfide) groups is 1. The van der Waals surface area contributed by atoms with Crippen molar-refractivity contribution in [3.63, 3.8) is 0 Å². The zero-order valence-electron chi connectivity index (χ0n) is 15.3. The number of pyridine rings is 1. The summed E-state index contributed by atoms with van der Waals surface area (Å²) in [5, 5.41) is 1.65. The van der Waals surface area contributed by atoms with Gasteiger partial charge in [-0.1, -0.05) is 41.1 Å². The SMILES string of the molecule is Cc1ccc2c(c1)CCCN2C(=O)SCC(=O)Nc1ccc(C(F)(F)F)nc1Cl. The van der Waals surface area contributed by atoms with Crippen LogP contribution in [0.3, 0.4) is 0 Å². The van der Waals surface area contributed by atoms with Crippen molar-refractivity contribution in [1.82, 2.24) is 4.98 Å². The number of amides is 2. The number of aryl methyl sites for hydroxylation is 2. The molecule has 29 heavy (non-hydrogen) atoms. The maximum atomic E-state index is 12.6. The van der Waals surface area contributed by atoms with Gasteiger partial charge in [0.05, 0.1) is 11.4 Å². The van der Waals surface area contributed by atoms with E-state index in [1.54, 1.807) is 4.90 Å². The Bertz CT molecular complexity index is 953. The van der Waals surface area contributed by atoms with E-state index < -0.39 is 22.9 Å². The molecule has 10 heteroatoms. The summed E-state index contributed by atoms with van der Waals surface area (Å²) in [6.07, 6.45) is -2.90. The Morgan fingerprint density at radius 2 is 2.03 bits per heavy atom. The van der Waals surface area contributed by atoms with E-state index in [1.807, 2.05) is 25.1 Å². The van der Waals surface area contributed by atoms with Crippen molar-refractivity contribution in [3.8, 4) is 0 Å². The average Bonchev–Trinajstić information content (AvgIpc) is 2.66. The van der Waals surface area contributed by atoms with E-state index in [9.17, 15) is 22.8 Å². The normalized spacial score (nSPS) is 13.8. The number of halogens is 4. The van der Waals surface area contributed by atoms with Gasteiger partial charge in [-0.25, -0.2) is 4.98 Å². The Morgan fingerprint density at radius 1 is 1.28 bits per heavy atom. The third-order valence-electron chi connectivity index (χ3n) is 4.31. The number of hydrogen-bond donors (Lipinski definition) is 1. The second-order valence-electron chi connectivity index (χ2n) is 6.52. The number of aromatic nitrogens is 1. The summed E-state index contributed by atoms with van der Waals surface area (Å²) >= 11 is 6.55. The number of nitrogens with zero attached hydrogens (tertiary/aromatic N) is 2. The Hall–Kier alpha value is -2.26. The predicted molar refractivity (Wildman–Crippen MR) is 108 cm³/mol. The summed E-state index contributed by atoms with van der Waals surface area (Å²) in [5.74, 6) is -0.763. The molecular weight excluding hydrogens is 427 g/mol. The molecule has 0 spiro atoms. The van der Waals surface area contributed by atoms with Crippen molar-refractivity contribution >= 4 is 45.9 Å². The molecule has 1 aromatic carbocycles. The zero-order chi connectivity index (χ0) is 21.2. The number of anilines is 2. The Balaban J connectivity index is 1.60. The molecule has 5 nitrogen and oxygen atoms in total. The van der Waals surface area contributed by atoms with Crippen LogP contribution in [0.25, 0.3) is 0 Å². The van der Waals surface area contributed by atoms with Gasteiger partial charge in [0.1, 0.15) is 5.69 Å². The van der Waals surface area contributed by atoms with E-state index in [0.717, 1.165) is 53.6 Å². The minimum Gasteiger partial charge on any atom is -0.323 e. The largest absolute Gasteiger partial charge is 0.433 e. The minimum atomic E-state index is -4.63. The maximum absolute atomic E-state index is 12.6. The first kappa shape index (κ1) is 21.4. The lowest BCUT2D eigenvalue weighted by Gasteiger charge is -2.29. The molecule has 154 valence electrons. The number of carbonyl (C=O) groups is 2. The fraction of sp³-hybridized carbons (Fsp3) is 0.316. The average molecular weight is 444 g/mol. The van der Waals surface area contributed by atoms with Crippen LogP contribution in [0.5, 0.6) is 0 Å². The number of alkyl halides is 3. The Morgan fingerprint density at radius 3 is 2.72 bits per heavy atom. The molecule has 2 heterocycles. The van der Waals surface area contributed by atoms with Crippen molar-refractivity contribution in [2.75, 3.05) is 22.5 Å².